The molecular formula is C23H23FN6O. The van der Waals surface area contributed by atoms with Crippen LogP contribution < -0.4 is 5.32 Å². The molecular weight excluding hydrogens is 395 g/mol. The molecule has 0 unspecified atom stereocenters. The Balaban J connectivity index is 1.39. The number of morpholine rings is 1. The van der Waals surface area contributed by atoms with Crippen molar-refractivity contribution < 1.29 is 9.13 Å². The third-order valence-corrected chi connectivity index (χ3v) is 5.40. The smallest absolute Gasteiger partial charge is 0.147 e. The predicted molar refractivity (Wildman–Crippen MR) is 118 cm³/mol. The number of hydrogen-bond acceptors (Lipinski definition) is 6. The molecule has 0 saturated carbocycles. The van der Waals surface area contributed by atoms with Crippen molar-refractivity contribution in [3.05, 3.63) is 66.9 Å². The summed E-state index contributed by atoms with van der Waals surface area (Å²) in [7, 11) is 0. The summed E-state index contributed by atoms with van der Waals surface area (Å²) in [5, 5.41) is 3.38. The van der Waals surface area contributed by atoms with Crippen LogP contribution in [0.25, 0.3) is 28.1 Å². The lowest BCUT2D eigenvalue weighted by atomic mass is 10.2. The molecule has 0 amide bonds. The maximum Gasteiger partial charge on any atom is 0.147 e. The largest absolute Gasteiger partial charge is 0.379 e. The number of benzene rings is 1. The maximum atomic E-state index is 13.5. The van der Waals surface area contributed by atoms with E-state index in [4.69, 9.17) is 9.72 Å². The Labute approximate surface area is 179 Å². The van der Waals surface area contributed by atoms with E-state index < -0.39 is 0 Å². The van der Waals surface area contributed by atoms with Gasteiger partial charge in [-0.25, -0.2) is 14.4 Å². The fourth-order valence-electron chi connectivity index (χ4n) is 3.77. The molecule has 4 heterocycles. The summed E-state index contributed by atoms with van der Waals surface area (Å²) in [6, 6.07) is 12.2. The average molecular weight is 418 g/mol. The number of anilines is 1. The number of rotatable bonds is 6. The number of pyridine rings is 2. The van der Waals surface area contributed by atoms with Crippen LogP contribution in [0.4, 0.5) is 10.2 Å². The molecule has 158 valence electrons. The Bertz CT molecular complexity index is 1150. The van der Waals surface area contributed by atoms with Gasteiger partial charge in [-0.05, 0) is 42.5 Å². The number of nitrogens with zero attached hydrogens (tertiary/aromatic N) is 5. The molecule has 1 fully saturated rings. The molecule has 31 heavy (non-hydrogen) atoms. The quantitative estimate of drug-likeness (QED) is 0.518. The summed E-state index contributed by atoms with van der Waals surface area (Å²) < 4.78 is 20.8. The van der Waals surface area contributed by atoms with Crippen molar-refractivity contribution in [3.8, 4) is 17.1 Å². The van der Waals surface area contributed by atoms with E-state index in [1.54, 1.807) is 24.5 Å². The summed E-state index contributed by atoms with van der Waals surface area (Å²) in [6.45, 7) is 5.34. The second-order valence-corrected chi connectivity index (χ2v) is 7.42. The normalized spacial score (nSPS) is 14.7. The first-order valence-corrected chi connectivity index (χ1v) is 10.4. The van der Waals surface area contributed by atoms with Gasteiger partial charge < -0.3 is 10.1 Å². The van der Waals surface area contributed by atoms with E-state index in [0.29, 0.717) is 0 Å². The van der Waals surface area contributed by atoms with Crippen LogP contribution in [0.1, 0.15) is 0 Å². The van der Waals surface area contributed by atoms with Crippen LogP contribution in [0.2, 0.25) is 0 Å². The van der Waals surface area contributed by atoms with Gasteiger partial charge in [-0.1, -0.05) is 0 Å². The van der Waals surface area contributed by atoms with Gasteiger partial charge in [0.1, 0.15) is 17.5 Å². The van der Waals surface area contributed by atoms with E-state index in [-0.39, 0.29) is 5.82 Å². The predicted octanol–water partition coefficient (Wildman–Crippen LogP) is 3.37. The lowest BCUT2D eigenvalue weighted by Crippen LogP contribution is -2.39. The molecule has 0 aliphatic carbocycles. The molecule has 1 aromatic carbocycles. The van der Waals surface area contributed by atoms with Crippen LogP contribution in [-0.4, -0.2) is 63.8 Å². The van der Waals surface area contributed by atoms with Gasteiger partial charge >= 0.3 is 0 Å². The van der Waals surface area contributed by atoms with Crippen LogP contribution in [0.3, 0.4) is 0 Å². The molecule has 0 radical (unpaired) electrons. The van der Waals surface area contributed by atoms with Gasteiger partial charge in [0.15, 0.2) is 0 Å². The highest BCUT2D eigenvalue weighted by atomic mass is 19.1. The first-order chi connectivity index (χ1) is 15.3. The summed E-state index contributed by atoms with van der Waals surface area (Å²) in [4.78, 5) is 16.0. The monoisotopic (exact) mass is 418 g/mol. The Kier molecular flexibility index (Phi) is 5.56. The van der Waals surface area contributed by atoms with Crippen molar-refractivity contribution >= 4 is 16.9 Å². The zero-order valence-corrected chi connectivity index (χ0v) is 17.0. The summed E-state index contributed by atoms with van der Waals surface area (Å²) in [6.07, 6.45) is 5.30. The SMILES string of the molecule is Fc1ccc(-n2c(-c3ccc(NCCN4CCOCC4)nc3)nc3ccncc32)cc1. The van der Waals surface area contributed by atoms with Gasteiger partial charge in [-0.15, -0.1) is 0 Å². The molecule has 0 spiro atoms. The second-order valence-electron chi connectivity index (χ2n) is 7.42. The van der Waals surface area contributed by atoms with Gasteiger partial charge in [0.2, 0.25) is 0 Å². The lowest BCUT2D eigenvalue weighted by Gasteiger charge is -2.26. The Morgan fingerprint density at radius 2 is 1.84 bits per heavy atom. The Morgan fingerprint density at radius 3 is 2.61 bits per heavy atom. The van der Waals surface area contributed by atoms with Crippen molar-refractivity contribution in [3.63, 3.8) is 0 Å². The highest BCUT2D eigenvalue weighted by Crippen LogP contribution is 2.28. The van der Waals surface area contributed by atoms with Crippen LogP contribution in [0.5, 0.6) is 0 Å². The standard InChI is InChI=1S/C23H23FN6O/c24-18-2-4-19(5-3-18)30-21-16-25-8-7-20(21)28-23(30)17-1-6-22(27-15-17)26-9-10-29-11-13-31-14-12-29/h1-8,15-16H,9-14H2,(H,26,27). The van der Waals surface area contributed by atoms with E-state index in [1.165, 1.54) is 12.1 Å². The van der Waals surface area contributed by atoms with Gasteiger partial charge in [0.05, 0.1) is 30.4 Å². The summed E-state index contributed by atoms with van der Waals surface area (Å²) in [5.74, 6) is 1.28. The number of hydrogen-bond donors (Lipinski definition) is 1. The fourth-order valence-corrected chi connectivity index (χ4v) is 3.77. The Hall–Kier alpha value is -3.36. The molecule has 1 saturated heterocycles. The number of ether oxygens (including phenoxy) is 1. The minimum absolute atomic E-state index is 0.276. The molecule has 0 bridgehead atoms. The van der Waals surface area contributed by atoms with Gasteiger partial charge in [0, 0.05) is 49.8 Å². The number of nitrogens with one attached hydrogen (secondary N) is 1. The van der Waals surface area contributed by atoms with Crippen molar-refractivity contribution in [2.24, 2.45) is 0 Å². The topological polar surface area (TPSA) is 68.1 Å². The first-order valence-electron chi connectivity index (χ1n) is 10.4. The number of aromatic nitrogens is 4. The molecule has 4 aromatic rings. The minimum Gasteiger partial charge on any atom is -0.379 e. The van der Waals surface area contributed by atoms with Crippen molar-refractivity contribution in [2.75, 3.05) is 44.7 Å². The van der Waals surface area contributed by atoms with Crippen LogP contribution in [-0.2, 0) is 4.74 Å². The first kappa shape index (κ1) is 19.6. The molecule has 0 atom stereocenters. The van der Waals surface area contributed by atoms with Gasteiger partial charge in [-0.2, -0.15) is 0 Å². The maximum absolute atomic E-state index is 13.5. The minimum atomic E-state index is -0.276. The number of halogens is 1. The van der Waals surface area contributed by atoms with Crippen LogP contribution >= 0.6 is 0 Å². The third-order valence-electron chi connectivity index (χ3n) is 5.40. The van der Waals surface area contributed by atoms with Crippen LogP contribution in [0, 0.1) is 5.82 Å². The van der Waals surface area contributed by atoms with Crippen LogP contribution in [0.15, 0.2) is 61.1 Å². The fraction of sp³-hybridized carbons (Fsp3) is 0.261. The molecule has 5 rings (SSSR count). The lowest BCUT2D eigenvalue weighted by molar-refractivity contribution is 0.0398. The van der Waals surface area contributed by atoms with Crippen molar-refractivity contribution in [1.29, 1.82) is 0 Å². The van der Waals surface area contributed by atoms with E-state index in [1.807, 2.05) is 29.0 Å². The summed E-state index contributed by atoms with van der Waals surface area (Å²) in [5.41, 5.74) is 3.37. The van der Waals surface area contributed by atoms with E-state index in [9.17, 15) is 4.39 Å². The highest BCUT2D eigenvalue weighted by Gasteiger charge is 2.15. The van der Waals surface area contributed by atoms with Crippen molar-refractivity contribution in [2.45, 2.75) is 0 Å². The van der Waals surface area contributed by atoms with Crippen molar-refractivity contribution in [1.82, 2.24) is 24.4 Å². The molecule has 1 aliphatic heterocycles. The summed E-state index contributed by atoms with van der Waals surface area (Å²) >= 11 is 0. The van der Waals surface area contributed by atoms with E-state index in [0.717, 1.165) is 73.3 Å². The van der Waals surface area contributed by atoms with E-state index >= 15 is 0 Å². The Morgan fingerprint density at radius 1 is 1.00 bits per heavy atom. The molecule has 3 aromatic heterocycles. The third kappa shape index (κ3) is 4.26. The zero-order chi connectivity index (χ0) is 21.0. The molecule has 1 N–H and O–H groups in total. The zero-order valence-electron chi connectivity index (χ0n) is 17.0. The second kappa shape index (κ2) is 8.79. The van der Waals surface area contributed by atoms with Gasteiger partial charge in [-0.3, -0.25) is 14.5 Å². The van der Waals surface area contributed by atoms with E-state index in [2.05, 4.69) is 20.2 Å². The average Bonchev–Trinajstić information content (AvgIpc) is 3.20. The number of fused-ring (bicyclic) bond motifs is 1. The van der Waals surface area contributed by atoms with Gasteiger partial charge in [0.25, 0.3) is 0 Å². The molecule has 7 nitrogen and oxygen atoms in total. The highest BCUT2D eigenvalue weighted by molar-refractivity contribution is 5.82. The molecule has 8 heteroatoms. The molecule has 1 aliphatic rings. The number of imidazole rings is 1.